The maximum Gasteiger partial charge on any atom is 0.274 e. The molecule has 1 fully saturated rings. The third kappa shape index (κ3) is 4.28. The van der Waals surface area contributed by atoms with Crippen molar-refractivity contribution in [2.24, 2.45) is 0 Å². The van der Waals surface area contributed by atoms with E-state index in [0.29, 0.717) is 11.6 Å². The molecule has 0 atom stereocenters. The molecule has 2 N–H and O–H groups in total. The second-order valence-corrected chi connectivity index (χ2v) is 6.96. The van der Waals surface area contributed by atoms with Gasteiger partial charge in [-0.1, -0.05) is 12.1 Å². The van der Waals surface area contributed by atoms with Crippen molar-refractivity contribution in [2.45, 2.75) is 19.8 Å². The molecule has 2 heterocycles. The topological polar surface area (TPSA) is 70.2 Å². The van der Waals surface area contributed by atoms with Gasteiger partial charge in [0.25, 0.3) is 5.91 Å². The van der Waals surface area contributed by atoms with Crippen molar-refractivity contribution in [2.75, 3.05) is 28.6 Å². The Kier molecular flexibility index (Phi) is 5.19. The summed E-state index contributed by atoms with van der Waals surface area (Å²) >= 11 is 0. The minimum absolute atomic E-state index is 0.263. The highest BCUT2D eigenvalue weighted by Gasteiger charge is 2.12. The van der Waals surface area contributed by atoms with Crippen molar-refractivity contribution < 1.29 is 4.79 Å². The van der Waals surface area contributed by atoms with E-state index in [1.807, 2.05) is 43.3 Å². The van der Waals surface area contributed by atoms with Crippen molar-refractivity contribution in [3.63, 3.8) is 0 Å². The Balaban J connectivity index is 1.44. The zero-order chi connectivity index (χ0) is 19.3. The minimum Gasteiger partial charge on any atom is -0.372 e. The van der Waals surface area contributed by atoms with Gasteiger partial charge in [-0.2, -0.15) is 0 Å². The number of aryl methyl sites for hydroxylation is 1. The molecule has 0 bridgehead atoms. The van der Waals surface area contributed by atoms with Crippen LogP contribution in [-0.4, -0.2) is 29.0 Å². The van der Waals surface area contributed by atoms with Crippen LogP contribution < -0.4 is 15.5 Å². The third-order valence-electron chi connectivity index (χ3n) is 4.76. The molecule has 1 saturated heterocycles. The lowest BCUT2D eigenvalue weighted by Gasteiger charge is -2.17. The highest BCUT2D eigenvalue weighted by Crippen LogP contribution is 2.23. The average Bonchev–Trinajstić information content (AvgIpc) is 3.24. The van der Waals surface area contributed by atoms with E-state index in [0.717, 1.165) is 30.0 Å². The molecular formula is C22H23N5O. The number of aromatic nitrogens is 2. The summed E-state index contributed by atoms with van der Waals surface area (Å²) in [6.45, 7) is 4.22. The summed E-state index contributed by atoms with van der Waals surface area (Å²) in [5, 5.41) is 6.04. The van der Waals surface area contributed by atoms with Crippen LogP contribution in [0.25, 0.3) is 0 Å². The molecule has 6 nitrogen and oxygen atoms in total. The number of hydrogen-bond donors (Lipinski definition) is 2. The van der Waals surface area contributed by atoms with Gasteiger partial charge in [-0.05, 0) is 67.8 Å². The number of rotatable bonds is 5. The summed E-state index contributed by atoms with van der Waals surface area (Å²) in [6.07, 6.45) is 4.09. The fraction of sp³-hybridized carbons (Fsp3) is 0.227. The molecule has 3 aromatic rings. The van der Waals surface area contributed by atoms with E-state index >= 15 is 0 Å². The van der Waals surface area contributed by atoms with E-state index in [-0.39, 0.29) is 5.91 Å². The van der Waals surface area contributed by atoms with Crippen LogP contribution in [-0.2, 0) is 0 Å². The Labute approximate surface area is 164 Å². The van der Waals surface area contributed by atoms with Gasteiger partial charge < -0.3 is 15.5 Å². The molecule has 1 aliphatic heterocycles. The maximum absolute atomic E-state index is 12.5. The number of carbonyl (C=O) groups excluding carboxylic acids is 1. The molecule has 6 heteroatoms. The zero-order valence-corrected chi connectivity index (χ0v) is 15.9. The quantitative estimate of drug-likeness (QED) is 0.694. The van der Waals surface area contributed by atoms with Crippen LogP contribution in [0.15, 0.2) is 60.8 Å². The summed E-state index contributed by atoms with van der Waals surface area (Å²) < 4.78 is 0. The summed E-state index contributed by atoms with van der Waals surface area (Å²) in [6, 6.07) is 17.5. The highest BCUT2D eigenvalue weighted by molar-refractivity contribution is 6.03. The van der Waals surface area contributed by atoms with Crippen LogP contribution in [0.4, 0.5) is 23.0 Å². The number of anilines is 4. The molecule has 0 radical (unpaired) electrons. The van der Waals surface area contributed by atoms with Crippen molar-refractivity contribution in [3.8, 4) is 0 Å². The highest BCUT2D eigenvalue weighted by atomic mass is 16.1. The molecule has 0 saturated carbocycles. The second kappa shape index (κ2) is 8.08. The average molecular weight is 373 g/mol. The first-order chi connectivity index (χ1) is 13.7. The van der Waals surface area contributed by atoms with E-state index in [2.05, 4.69) is 37.6 Å². The summed E-state index contributed by atoms with van der Waals surface area (Å²) in [5.74, 6) is 0.131. The fourth-order valence-corrected chi connectivity index (χ4v) is 3.32. The number of amides is 1. The van der Waals surface area contributed by atoms with Crippen molar-refractivity contribution in [3.05, 3.63) is 72.1 Å². The molecule has 0 spiro atoms. The van der Waals surface area contributed by atoms with E-state index in [1.54, 1.807) is 12.3 Å². The zero-order valence-electron chi connectivity index (χ0n) is 15.9. The molecule has 1 aliphatic rings. The van der Waals surface area contributed by atoms with Crippen molar-refractivity contribution in [1.29, 1.82) is 0 Å². The van der Waals surface area contributed by atoms with Gasteiger partial charge in [-0.3, -0.25) is 4.79 Å². The lowest BCUT2D eigenvalue weighted by Crippen LogP contribution is -2.17. The van der Waals surface area contributed by atoms with Crippen LogP contribution in [0.1, 0.15) is 28.9 Å². The lowest BCUT2D eigenvalue weighted by atomic mass is 10.2. The van der Waals surface area contributed by atoms with Gasteiger partial charge in [-0.15, -0.1) is 0 Å². The first-order valence-electron chi connectivity index (χ1n) is 9.50. The first-order valence-corrected chi connectivity index (χ1v) is 9.50. The second-order valence-electron chi connectivity index (χ2n) is 6.96. The van der Waals surface area contributed by atoms with Crippen LogP contribution in [0, 0.1) is 6.92 Å². The van der Waals surface area contributed by atoms with Gasteiger partial charge in [-0.25, -0.2) is 9.97 Å². The Morgan fingerprint density at radius 3 is 2.54 bits per heavy atom. The SMILES string of the molecule is Cc1cccc(NC(=O)c2ccnc(Nc3ccc(N4CCCC4)cc3)n2)c1. The third-order valence-corrected chi connectivity index (χ3v) is 4.76. The predicted molar refractivity (Wildman–Crippen MR) is 112 cm³/mol. The molecular weight excluding hydrogens is 350 g/mol. The molecule has 28 heavy (non-hydrogen) atoms. The monoisotopic (exact) mass is 373 g/mol. The number of benzene rings is 2. The summed E-state index contributed by atoms with van der Waals surface area (Å²) in [5.41, 5.74) is 4.26. The molecule has 1 amide bonds. The predicted octanol–water partition coefficient (Wildman–Crippen LogP) is 4.38. The van der Waals surface area contributed by atoms with Gasteiger partial charge in [0.2, 0.25) is 5.95 Å². The van der Waals surface area contributed by atoms with Crippen molar-refractivity contribution >= 4 is 28.9 Å². The molecule has 2 aromatic carbocycles. The number of carbonyl (C=O) groups is 1. The fourth-order valence-electron chi connectivity index (χ4n) is 3.32. The number of hydrogen-bond acceptors (Lipinski definition) is 5. The van der Waals surface area contributed by atoms with Gasteiger partial charge in [0.1, 0.15) is 5.69 Å². The molecule has 1 aromatic heterocycles. The van der Waals surface area contributed by atoms with E-state index < -0.39 is 0 Å². The van der Waals surface area contributed by atoms with Crippen LogP contribution >= 0.6 is 0 Å². The summed E-state index contributed by atoms with van der Waals surface area (Å²) in [4.78, 5) is 23.4. The molecule has 142 valence electrons. The Morgan fingerprint density at radius 1 is 1.00 bits per heavy atom. The van der Waals surface area contributed by atoms with Crippen molar-refractivity contribution in [1.82, 2.24) is 9.97 Å². The van der Waals surface area contributed by atoms with E-state index in [9.17, 15) is 4.79 Å². The standard InChI is InChI=1S/C22H23N5O/c1-16-5-4-6-18(15-16)24-21(28)20-11-12-23-22(26-20)25-17-7-9-19(10-8-17)27-13-2-3-14-27/h4-12,15H,2-3,13-14H2,1H3,(H,24,28)(H,23,25,26). The van der Waals surface area contributed by atoms with Gasteiger partial charge in [0.05, 0.1) is 0 Å². The van der Waals surface area contributed by atoms with Gasteiger partial charge >= 0.3 is 0 Å². The van der Waals surface area contributed by atoms with E-state index in [4.69, 9.17) is 0 Å². The van der Waals surface area contributed by atoms with Crippen LogP contribution in [0.3, 0.4) is 0 Å². The molecule has 4 rings (SSSR count). The van der Waals surface area contributed by atoms with Crippen LogP contribution in [0.5, 0.6) is 0 Å². The van der Waals surface area contributed by atoms with Gasteiger partial charge in [0.15, 0.2) is 0 Å². The summed E-state index contributed by atoms with van der Waals surface area (Å²) in [7, 11) is 0. The first kappa shape index (κ1) is 18.0. The largest absolute Gasteiger partial charge is 0.372 e. The molecule has 0 aliphatic carbocycles. The number of nitrogens with zero attached hydrogens (tertiary/aromatic N) is 3. The minimum atomic E-state index is -0.263. The molecule has 0 unspecified atom stereocenters. The van der Waals surface area contributed by atoms with Crippen LogP contribution in [0.2, 0.25) is 0 Å². The maximum atomic E-state index is 12.5. The van der Waals surface area contributed by atoms with Gasteiger partial charge in [0, 0.05) is 36.3 Å². The normalized spacial score (nSPS) is 13.4. The Bertz CT molecular complexity index is 965. The number of nitrogens with one attached hydrogen (secondary N) is 2. The lowest BCUT2D eigenvalue weighted by molar-refractivity contribution is 0.102. The smallest absolute Gasteiger partial charge is 0.274 e. The van der Waals surface area contributed by atoms with E-state index in [1.165, 1.54) is 18.5 Å². The Hall–Kier alpha value is -3.41. The Morgan fingerprint density at radius 2 is 1.79 bits per heavy atom.